The van der Waals surface area contributed by atoms with Gasteiger partial charge in [0.15, 0.2) is 0 Å². The van der Waals surface area contributed by atoms with Crippen LogP contribution in [0.15, 0.2) is 18.2 Å². The molecule has 1 aliphatic heterocycles. The maximum Gasteiger partial charge on any atom is 0.267 e. The van der Waals surface area contributed by atoms with Crippen LogP contribution in [0.4, 0.5) is 0 Å². The van der Waals surface area contributed by atoms with Crippen molar-refractivity contribution in [3.8, 4) is 0 Å². The number of nitrogens with zero attached hydrogens (tertiary/aromatic N) is 3. The van der Waals surface area contributed by atoms with Crippen molar-refractivity contribution in [3.05, 3.63) is 29.5 Å². The summed E-state index contributed by atoms with van der Waals surface area (Å²) < 4.78 is 2.04. The second kappa shape index (κ2) is 6.06. The number of aromatic nitrogens is 2. The van der Waals surface area contributed by atoms with E-state index in [0.29, 0.717) is 5.56 Å². The smallest absolute Gasteiger partial charge is 0.267 e. The van der Waals surface area contributed by atoms with Gasteiger partial charge in [-0.15, -0.1) is 0 Å². The van der Waals surface area contributed by atoms with E-state index in [1.165, 1.54) is 12.8 Å². The molecule has 118 valence electrons. The molecule has 6 heteroatoms. The van der Waals surface area contributed by atoms with Crippen LogP contribution in [0.2, 0.25) is 0 Å². The maximum atomic E-state index is 12.3. The fraction of sp³-hybridized carbons (Fsp3) is 0.500. The van der Waals surface area contributed by atoms with Gasteiger partial charge in [0.05, 0.1) is 5.56 Å². The van der Waals surface area contributed by atoms with E-state index in [1.807, 2.05) is 22.9 Å². The van der Waals surface area contributed by atoms with Crippen LogP contribution < -0.4 is 10.7 Å². The molecule has 6 nitrogen and oxygen atoms in total. The number of rotatable bonds is 3. The zero-order chi connectivity index (χ0) is 15.7. The van der Waals surface area contributed by atoms with Crippen molar-refractivity contribution in [2.45, 2.75) is 32.4 Å². The second-order valence-electron chi connectivity index (χ2n) is 6.03. The molecule has 2 heterocycles. The minimum absolute atomic E-state index is 0.128. The first-order chi connectivity index (χ1) is 10.6. The number of hydrazine groups is 1. The van der Waals surface area contributed by atoms with Gasteiger partial charge < -0.3 is 0 Å². The van der Waals surface area contributed by atoms with Crippen molar-refractivity contribution in [3.63, 3.8) is 0 Å². The summed E-state index contributed by atoms with van der Waals surface area (Å²) in [5.41, 5.74) is 5.28. The molecule has 1 fully saturated rings. The average Bonchev–Trinajstić information content (AvgIpc) is 2.85. The summed E-state index contributed by atoms with van der Waals surface area (Å²) in [4.78, 5) is 12.3. The average molecular weight is 301 g/mol. The largest absolute Gasteiger partial charge is 0.296 e. The lowest BCUT2D eigenvalue weighted by molar-refractivity contribution is 0.0858. The fourth-order valence-corrected chi connectivity index (χ4v) is 3.04. The SMILES string of the molecule is Cc1c2cccc(C(=O)NN(C)C)c2nn1C1CCCCN1. The van der Waals surface area contributed by atoms with Crippen molar-refractivity contribution >= 4 is 16.8 Å². The minimum atomic E-state index is -0.128. The van der Waals surface area contributed by atoms with E-state index in [-0.39, 0.29) is 12.1 Å². The molecular formula is C16H23N5O. The van der Waals surface area contributed by atoms with E-state index in [4.69, 9.17) is 5.10 Å². The number of nitrogens with one attached hydrogen (secondary N) is 2. The van der Waals surface area contributed by atoms with Gasteiger partial charge in [-0.1, -0.05) is 12.1 Å². The van der Waals surface area contributed by atoms with Gasteiger partial charge in [-0.3, -0.25) is 20.2 Å². The summed E-state index contributed by atoms with van der Waals surface area (Å²) >= 11 is 0. The summed E-state index contributed by atoms with van der Waals surface area (Å²) in [7, 11) is 3.60. The van der Waals surface area contributed by atoms with Crippen molar-refractivity contribution in [1.82, 2.24) is 25.5 Å². The molecule has 1 aromatic heterocycles. The fourth-order valence-electron chi connectivity index (χ4n) is 3.04. The summed E-state index contributed by atoms with van der Waals surface area (Å²) in [6.07, 6.45) is 3.73. The van der Waals surface area contributed by atoms with E-state index >= 15 is 0 Å². The Morgan fingerprint density at radius 1 is 1.41 bits per heavy atom. The number of carbonyl (C=O) groups excluding carboxylic acids is 1. The van der Waals surface area contributed by atoms with Crippen LogP contribution in [-0.2, 0) is 0 Å². The van der Waals surface area contributed by atoms with Crippen LogP contribution >= 0.6 is 0 Å². The Balaban J connectivity index is 2.03. The molecule has 0 radical (unpaired) electrons. The third-order valence-electron chi connectivity index (χ3n) is 4.13. The number of amides is 1. The summed E-state index contributed by atoms with van der Waals surface area (Å²) in [6.45, 7) is 3.09. The van der Waals surface area contributed by atoms with Gasteiger partial charge in [0, 0.05) is 25.2 Å². The highest BCUT2D eigenvalue weighted by molar-refractivity contribution is 6.05. The van der Waals surface area contributed by atoms with Crippen molar-refractivity contribution in [2.75, 3.05) is 20.6 Å². The standard InChI is InChI=1S/C16H23N5O/c1-11-12-7-6-8-13(16(22)19-20(2)3)15(12)18-21(11)14-9-4-5-10-17-14/h6-8,14,17H,4-5,9-10H2,1-3H3,(H,19,22). The molecule has 1 saturated heterocycles. The molecule has 1 aromatic carbocycles. The van der Waals surface area contributed by atoms with Gasteiger partial charge in [-0.2, -0.15) is 5.10 Å². The van der Waals surface area contributed by atoms with E-state index in [9.17, 15) is 4.79 Å². The molecule has 2 N–H and O–H groups in total. The van der Waals surface area contributed by atoms with Gasteiger partial charge in [-0.25, -0.2) is 5.01 Å². The summed E-state index contributed by atoms with van der Waals surface area (Å²) in [5, 5.41) is 10.9. The van der Waals surface area contributed by atoms with Gasteiger partial charge in [0.25, 0.3) is 5.91 Å². The van der Waals surface area contributed by atoms with Crippen LogP contribution in [-0.4, -0.2) is 41.3 Å². The van der Waals surface area contributed by atoms with E-state index < -0.39 is 0 Å². The molecule has 2 aromatic rings. The van der Waals surface area contributed by atoms with Crippen LogP contribution in [0.1, 0.15) is 41.5 Å². The molecule has 0 saturated carbocycles. The van der Waals surface area contributed by atoms with Crippen LogP contribution in [0, 0.1) is 6.92 Å². The number of benzene rings is 1. The van der Waals surface area contributed by atoms with E-state index in [1.54, 1.807) is 19.1 Å². The second-order valence-corrected chi connectivity index (χ2v) is 6.03. The Hall–Kier alpha value is -1.92. The molecule has 22 heavy (non-hydrogen) atoms. The highest BCUT2D eigenvalue weighted by Gasteiger charge is 2.21. The van der Waals surface area contributed by atoms with E-state index in [0.717, 1.165) is 29.6 Å². The van der Waals surface area contributed by atoms with Gasteiger partial charge in [-0.05, 0) is 38.8 Å². The van der Waals surface area contributed by atoms with Crippen LogP contribution in [0.5, 0.6) is 0 Å². The van der Waals surface area contributed by atoms with Gasteiger partial charge in [0.2, 0.25) is 0 Å². The first-order valence-corrected chi connectivity index (χ1v) is 7.77. The first-order valence-electron chi connectivity index (χ1n) is 7.77. The molecule has 0 aliphatic carbocycles. The maximum absolute atomic E-state index is 12.3. The topological polar surface area (TPSA) is 62.2 Å². The number of aryl methyl sites for hydroxylation is 1. The zero-order valence-corrected chi connectivity index (χ0v) is 13.4. The lowest BCUT2D eigenvalue weighted by Gasteiger charge is -2.24. The van der Waals surface area contributed by atoms with Gasteiger partial charge >= 0.3 is 0 Å². The Bertz CT molecular complexity index is 685. The Labute approximate surface area is 130 Å². The molecule has 0 bridgehead atoms. The van der Waals surface area contributed by atoms with Crippen molar-refractivity contribution in [1.29, 1.82) is 0 Å². The first kappa shape index (κ1) is 15.0. The summed E-state index contributed by atoms with van der Waals surface area (Å²) in [6, 6.07) is 5.77. The van der Waals surface area contributed by atoms with Crippen molar-refractivity contribution < 1.29 is 4.79 Å². The monoisotopic (exact) mass is 301 g/mol. The third-order valence-corrected chi connectivity index (χ3v) is 4.13. The molecule has 1 unspecified atom stereocenters. The number of fused-ring (bicyclic) bond motifs is 1. The van der Waals surface area contributed by atoms with Gasteiger partial charge in [0.1, 0.15) is 11.7 Å². The number of hydrogen-bond donors (Lipinski definition) is 2. The normalized spacial score (nSPS) is 18.8. The molecule has 1 atom stereocenters. The highest BCUT2D eigenvalue weighted by atomic mass is 16.2. The molecule has 1 aliphatic rings. The minimum Gasteiger partial charge on any atom is -0.296 e. The van der Waals surface area contributed by atoms with Crippen molar-refractivity contribution in [2.24, 2.45) is 0 Å². The van der Waals surface area contributed by atoms with E-state index in [2.05, 4.69) is 17.7 Å². The molecule has 1 amide bonds. The molecule has 0 spiro atoms. The third kappa shape index (κ3) is 2.71. The zero-order valence-electron chi connectivity index (χ0n) is 13.4. The molecule has 3 rings (SSSR count). The Morgan fingerprint density at radius 2 is 2.23 bits per heavy atom. The summed E-state index contributed by atoms with van der Waals surface area (Å²) in [5.74, 6) is -0.128. The number of carbonyl (C=O) groups is 1. The number of hydrogen-bond acceptors (Lipinski definition) is 4. The van der Waals surface area contributed by atoms with Crippen LogP contribution in [0.3, 0.4) is 0 Å². The lowest BCUT2D eigenvalue weighted by atomic mass is 10.1. The Kier molecular flexibility index (Phi) is 4.13. The predicted octanol–water partition coefficient (Wildman–Crippen LogP) is 1.82. The molecular weight excluding hydrogens is 278 g/mol. The highest BCUT2D eigenvalue weighted by Crippen LogP contribution is 2.26. The van der Waals surface area contributed by atoms with Crippen LogP contribution in [0.25, 0.3) is 10.9 Å². The predicted molar refractivity (Wildman–Crippen MR) is 86.5 cm³/mol. The Morgan fingerprint density at radius 3 is 2.91 bits per heavy atom. The number of piperidine rings is 1. The quantitative estimate of drug-likeness (QED) is 0.849. The lowest BCUT2D eigenvalue weighted by Crippen LogP contribution is -2.36.